The van der Waals surface area contributed by atoms with Crippen LogP contribution >= 0.6 is 0 Å². The average Bonchev–Trinajstić information content (AvgIpc) is 3.38. The number of rotatable bonds is 8. The molecule has 0 saturated heterocycles. The second-order valence-corrected chi connectivity index (χ2v) is 6.95. The lowest BCUT2D eigenvalue weighted by Gasteiger charge is -2.06. The molecule has 0 fully saturated rings. The zero-order valence-electron chi connectivity index (χ0n) is 17.4. The van der Waals surface area contributed by atoms with Gasteiger partial charge in [-0.1, -0.05) is 24.3 Å². The van der Waals surface area contributed by atoms with Gasteiger partial charge in [0.25, 0.3) is 0 Å². The van der Waals surface area contributed by atoms with E-state index in [1.807, 2.05) is 12.1 Å². The number of hydrogen-bond acceptors (Lipinski definition) is 7. The molecule has 0 spiro atoms. The highest BCUT2D eigenvalue weighted by Crippen LogP contribution is 2.27. The average molecular weight is 436 g/mol. The van der Waals surface area contributed by atoms with Crippen molar-refractivity contribution in [1.82, 2.24) is 24.5 Å². The van der Waals surface area contributed by atoms with Gasteiger partial charge in [-0.15, -0.1) is 0 Å². The van der Waals surface area contributed by atoms with Gasteiger partial charge in [-0.25, -0.2) is 9.89 Å². The highest BCUT2D eigenvalue weighted by molar-refractivity contribution is 5.62. The summed E-state index contributed by atoms with van der Waals surface area (Å²) in [6, 6.07) is 14.4. The van der Waals surface area contributed by atoms with E-state index in [9.17, 15) is 14.9 Å². The van der Waals surface area contributed by atoms with Crippen molar-refractivity contribution in [3.63, 3.8) is 0 Å². The van der Waals surface area contributed by atoms with E-state index < -0.39 is 10.6 Å². The monoisotopic (exact) mass is 436 g/mol. The van der Waals surface area contributed by atoms with Crippen molar-refractivity contribution >= 4 is 5.69 Å². The molecule has 4 aromatic rings. The van der Waals surface area contributed by atoms with E-state index in [0.717, 1.165) is 11.1 Å². The molecule has 32 heavy (non-hydrogen) atoms. The van der Waals surface area contributed by atoms with Crippen LogP contribution in [0.2, 0.25) is 0 Å². The molecule has 0 unspecified atom stereocenters. The molecule has 1 N–H and O–H groups in total. The van der Waals surface area contributed by atoms with Crippen molar-refractivity contribution in [2.45, 2.75) is 13.1 Å². The summed E-state index contributed by atoms with van der Waals surface area (Å²) in [7, 11) is 3.14. The summed E-state index contributed by atoms with van der Waals surface area (Å²) in [6.07, 6.45) is 1.33. The highest BCUT2D eigenvalue weighted by atomic mass is 16.6. The minimum absolute atomic E-state index is 0.00960. The SMILES string of the molecule is COc1ccc(Cn2cc([N+](=O)[O-])c(-c3n[nH]c(=O)n3Cc3ccc(OC)cc3)n2)cc1. The lowest BCUT2D eigenvalue weighted by atomic mass is 10.2. The summed E-state index contributed by atoms with van der Waals surface area (Å²) in [5, 5.41) is 22.4. The molecule has 11 nitrogen and oxygen atoms in total. The van der Waals surface area contributed by atoms with Crippen LogP contribution in [0.15, 0.2) is 59.5 Å². The van der Waals surface area contributed by atoms with Crippen LogP contribution in [0.4, 0.5) is 5.69 Å². The van der Waals surface area contributed by atoms with Crippen LogP contribution in [-0.2, 0) is 13.1 Å². The number of ether oxygens (including phenoxy) is 2. The maximum atomic E-state index is 12.4. The number of aromatic amines is 1. The molecule has 0 bridgehead atoms. The van der Waals surface area contributed by atoms with Crippen molar-refractivity contribution in [3.8, 4) is 23.0 Å². The van der Waals surface area contributed by atoms with Gasteiger partial charge in [0.1, 0.15) is 17.7 Å². The Morgan fingerprint density at radius 2 is 1.53 bits per heavy atom. The number of methoxy groups -OCH3 is 2. The minimum atomic E-state index is -0.538. The van der Waals surface area contributed by atoms with Crippen LogP contribution < -0.4 is 15.2 Å². The van der Waals surface area contributed by atoms with Gasteiger partial charge in [-0.3, -0.25) is 19.4 Å². The third kappa shape index (κ3) is 4.21. The first kappa shape index (κ1) is 20.8. The summed E-state index contributed by atoms with van der Waals surface area (Å²) in [4.78, 5) is 23.5. The number of H-pyrrole nitrogens is 1. The minimum Gasteiger partial charge on any atom is -0.497 e. The molecule has 11 heteroatoms. The molecule has 2 aromatic carbocycles. The Bertz CT molecular complexity index is 1290. The van der Waals surface area contributed by atoms with Gasteiger partial charge >= 0.3 is 11.4 Å². The van der Waals surface area contributed by atoms with Crippen LogP contribution in [-0.4, -0.2) is 43.7 Å². The molecular weight excluding hydrogens is 416 g/mol. The van der Waals surface area contributed by atoms with Crippen molar-refractivity contribution in [2.24, 2.45) is 0 Å². The first-order chi connectivity index (χ1) is 15.5. The summed E-state index contributed by atoms with van der Waals surface area (Å²) >= 11 is 0. The van der Waals surface area contributed by atoms with E-state index in [2.05, 4.69) is 15.3 Å². The number of nitro groups is 1. The van der Waals surface area contributed by atoms with Crippen LogP contribution in [0.3, 0.4) is 0 Å². The highest BCUT2D eigenvalue weighted by Gasteiger charge is 2.26. The standard InChI is InChI=1S/C21H20N6O5/c1-31-16-7-3-14(4-8-16)11-25-13-18(27(29)30)19(24-25)20-22-23-21(28)26(20)12-15-5-9-17(32-2)10-6-15/h3-10,13H,11-12H2,1-2H3,(H,23,28). The van der Waals surface area contributed by atoms with E-state index in [1.165, 1.54) is 15.4 Å². The second kappa shape index (κ2) is 8.76. The number of nitrogens with one attached hydrogen (secondary N) is 1. The van der Waals surface area contributed by atoms with Crippen molar-refractivity contribution in [3.05, 3.63) is 86.5 Å². The molecule has 4 rings (SSSR count). The number of hydrogen-bond donors (Lipinski definition) is 1. The normalized spacial score (nSPS) is 10.8. The lowest BCUT2D eigenvalue weighted by molar-refractivity contribution is -0.384. The summed E-state index contributed by atoms with van der Waals surface area (Å²) < 4.78 is 13.1. The lowest BCUT2D eigenvalue weighted by Crippen LogP contribution is -2.18. The number of nitrogens with zero attached hydrogens (tertiary/aromatic N) is 5. The Hall–Kier alpha value is -4.41. The van der Waals surface area contributed by atoms with Crippen LogP contribution in [0, 0.1) is 10.1 Å². The number of benzene rings is 2. The Morgan fingerprint density at radius 3 is 2.06 bits per heavy atom. The molecule has 2 aromatic heterocycles. The predicted octanol–water partition coefficient (Wildman–Crippen LogP) is 2.46. The third-order valence-electron chi connectivity index (χ3n) is 4.91. The molecule has 0 atom stereocenters. The largest absolute Gasteiger partial charge is 0.497 e. The maximum absolute atomic E-state index is 12.4. The van der Waals surface area contributed by atoms with Gasteiger partial charge in [0, 0.05) is 0 Å². The smallest absolute Gasteiger partial charge is 0.343 e. The molecule has 164 valence electrons. The fraction of sp³-hybridized carbons (Fsp3) is 0.190. The van der Waals surface area contributed by atoms with Crippen LogP contribution in [0.5, 0.6) is 11.5 Å². The van der Waals surface area contributed by atoms with Crippen molar-refractivity contribution < 1.29 is 14.4 Å². The zero-order valence-corrected chi connectivity index (χ0v) is 17.4. The van der Waals surface area contributed by atoms with Crippen LogP contribution in [0.1, 0.15) is 11.1 Å². The zero-order chi connectivity index (χ0) is 22.7. The van der Waals surface area contributed by atoms with Gasteiger partial charge in [-0.2, -0.15) is 10.2 Å². The number of aromatic nitrogens is 5. The Morgan fingerprint density at radius 1 is 0.969 bits per heavy atom. The first-order valence-electron chi connectivity index (χ1n) is 9.61. The van der Waals surface area contributed by atoms with Gasteiger partial charge in [0.15, 0.2) is 5.82 Å². The quantitative estimate of drug-likeness (QED) is 0.332. The third-order valence-corrected chi connectivity index (χ3v) is 4.91. The van der Waals surface area contributed by atoms with E-state index in [-0.39, 0.29) is 23.8 Å². The Balaban J connectivity index is 1.68. The molecule has 2 heterocycles. The van der Waals surface area contributed by atoms with E-state index in [4.69, 9.17) is 9.47 Å². The van der Waals surface area contributed by atoms with E-state index in [0.29, 0.717) is 18.0 Å². The summed E-state index contributed by atoms with van der Waals surface area (Å²) in [6.45, 7) is 0.467. The van der Waals surface area contributed by atoms with Gasteiger partial charge in [-0.05, 0) is 35.4 Å². The molecule has 0 aliphatic rings. The molecule has 0 amide bonds. The molecule has 0 saturated carbocycles. The van der Waals surface area contributed by atoms with E-state index in [1.54, 1.807) is 50.6 Å². The Labute approximate surface area is 182 Å². The molecule has 0 aliphatic carbocycles. The predicted molar refractivity (Wildman–Crippen MR) is 115 cm³/mol. The fourth-order valence-electron chi connectivity index (χ4n) is 3.26. The van der Waals surface area contributed by atoms with E-state index >= 15 is 0 Å². The van der Waals surface area contributed by atoms with Gasteiger partial charge in [0.2, 0.25) is 5.69 Å². The Kier molecular flexibility index (Phi) is 5.71. The maximum Gasteiger partial charge on any atom is 0.343 e. The molecule has 0 aliphatic heterocycles. The topological polar surface area (TPSA) is 130 Å². The summed E-state index contributed by atoms with van der Waals surface area (Å²) in [5.41, 5.74) is 0.960. The second-order valence-electron chi connectivity index (χ2n) is 6.95. The first-order valence-corrected chi connectivity index (χ1v) is 9.61. The molecular formula is C21H20N6O5. The van der Waals surface area contributed by atoms with Crippen molar-refractivity contribution in [2.75, 3.05) is 14.2 Å². The fourth-order valence-corrected chi connectivity index (χ4v) is 3.26. The van der Waals surface area contributed by atoms with Gasteiger partial charge < -0.3 is 9.47 Å². The summed E-state index contributed by atoms with van der Waals surface area (Å²) in [5.74, 6) is 1.48. The van der Waals surface area contributed by atoms with Gasteiger partial charge in [0.05, 0.1) is 32.2 Å². The van der Waals surface area contributed by atoms with Crippen molar-refractivity contribution in [1.29, 1.82) is 0 Å². The molecule has 0 radical (unpaired) electrons. The van der Waals surface area contributed by atoms with Crippen LogP contribution in [0.25, 0.3) is 11.5 Å².